The number of hydrogen-bond donors (Lipinski definition) is 10. The van der Waals surface area contributed by atoms with E-state index in [2.05, 4.69) is 0 Å². The van der Waals surface area contributed by atoms with Crippen molar-refractivity contribution in [2.24, 2.45) is 0 Å². The molecule has 0 spiro atoms. The maximum Gasteiger partial charge on any atom is 0.229 e. The minimum Gasteiger partial charge on any atom is -0.508 e. The molecule has 0 radical (unpaired) electrons. The Morgan fingerprint density at radius 2 is 1.33 bits per heavy atom. The highest BCUT2D eigenvalue weighted by Crippen LogP contribution is 2.45. The highest BCUT2D eigenvalue weighted by atomic mass is 16.7. The fraction of sp³-hybridized carbons (Fsp3) is 0.444. The van der Waals surface area contributed by atoms with Crippen molar-refractivity contribution in [3.05, 3.63) is 52.2 Å². The largest absolute Gasteiger partial charge is 0.508 e. The van der Waals surface area contributed by atoms with E-state index in [4.69, 9.17) is 18.6 Å². The molecule has 228 valence electrons. The number of ether oxygens (including phenoxy) is 3. The Morgan fingerprint density at radius 3 is 1.95 bits per heavy atom. The minimum absolute atomic E-state index is 0.0669. The Balaban J connectivity index is 1.73. The molecular formula is C27H30O15. The molecule has 2 fully saturated rings. The average molecular weight is 595 g/mol. The van der Waals surface area contributed by atoms with Crippen molar-refractivity contribution in [3.8, 4) is 28.6 Å². The monoisotopic (exact) mass is 594 g/mol. The van der Waals surface area contributed by atoms with Crippen LogP contribution in [0.1, 0.15) is 11.7 Å². The van der Waals surface area contributed by atoms with E-state index in [-0.39, 0.29) is 17.1 Å². The van der Waals surface area contributed by atoms with Crippen molar-refractivity contribution in [3.63, 3.8) is 0 Å². The first kappa shape index (κ1) is 30.1. The smallest absolute Gasteiger partial charge is 0.229 e. The second-order valence-corrected chi connectivity index (χ2v) is 10.1. The van der Waals surface area contributed by atoms with Crippen LogP contribution < -0.4 is 10.2 Å². The lowest BCUT2D eigenvalue weighted by Crippen LogP contribution is -2.60. The van der Waals surface area contributed by atoms with E-state index < -0.39 is 102 Å². The molecule has 15 heteroatoms. The number of rotatable bonds is 6. The maximum atomic E-state index is 13.2. The van der Waals surface area contributed by atoms with Crippen molar-refractivity contribution < 1.29 is 69.7 Å². The third-order valence-corrected chi connectivity index (χ3v) is 7.40. The molecule has 10 N–H and O–H groups in total. The van der Waals surface area contributed by atoms with Gasteiger partial charge < -0.3 is 69.7 Å². The maximum absolute atomic E-state index is 13.2. The topological polar surface area (TPSA) is 260 Å². The number of phenols is 2. The zero-order valence-electron chi connectivity index (χ0n) is 21.7. The molecule has 42 heavy (non-hydrogen) atoms. The zero-order chi connectivity index (χ0) is 30.5. The molecule has 3 heterocycles. The number of aliphatic hydroxyl groups is 8. The van der Waals surface area contributed by atoms with Gasteiger partial charge in [-0.2, -0.15) is 0 Å². The Morgan fingerprint density at radius 1 is 0.738 bits per heavy atom. The van der Waals surface area contributed by atoms with Crippen LogP contribution in [0, 0.1) is 0 Å². The molecule has 0 aliphatic carbocycles. The molecule has 0 unspecified atom stereocenters. The van der Waals surface area contributed by atoms with Crippen LogP contribution in [0.5, 0.6) is 17.2 Å². The summed E-state index contributed by atoms with van der Waals surface area (Å²) < 4.78 is 22.9. The number of benzene rings is 2. The van der Waals surface area contributed by atoms with Gasteiger partial charge in [-0.3, -0.25) is 4.79 Å². The lowest BCUT2D eigenvalue weighted by molar-refractivity contribution is -0.278. The Labute approximate surface area is 236 Å². The van der Waals surface area contributed by atoms with Crippen molar-refractivity contribution in [2.75, 3.05) is 13.2 Å². The van der Waals surface area contributed by atoms with E-state index in [0.29, 0.717) is 5.56 Å². The summed E-state index contributed by atoms with van der Waals surface area (Å²) in [5, 5.41) is 102. The first-order valence-corrected chi connectivity index (χ1v) is 12.9. The van der Waals surface area contributed by atoms with Gasteiger partial charge in [0.05, 0.1) is 18.8 Å². The van der Waals surface area contributed by atoms with Gasteiger partial charge in [0.15, 0.2) is 11.0 Å². The van der Waals surface area contributed by atoms with Crippen LogP contribution in [-0.4, -0.2) is 119 Å². The van der Waals surface area contributed by atoms with E-state index in [9.17, 15) is 55.9 Å². The molecule has 10 atom stereocenters. The van der Waals surface area contributed by atoms with E-state index >= 15 is 0 Å². The van der Waals surface area contributed by atoms with Crippen molar-refractivity contribution in [2.45, 2.75) is 61.2 Å². The van der Waals surface area contributed by atoms with Crippen LogP contribution in [0.25, 0.3) is 22.3 Å². The van der Waals surface area contributed by atoms with Crippen molar-refractivity contribution in [1.82, 2.24) is 0 Å². The molecule has 0 amide bonds. The van der Waals surface area contributed by atoms with Gasteiger partial charge >= 0.3 is 0 Å². The van der Waals surface area contributed by atoms with Gasteiger partial charge in [0, 0.05) is 17.7 Å². The minimum atomic E-state index is -1.92. The Hall–Kier alpha value is -3.35. The van der Waals surface area contributed by atoms with Crippen molar-refractivity contribution in [1.29, 1.82) is 0 Å². The van der Waals surface area contributed by atoms with E-state index in [1.807, 2.05) is 0 Å². The van der Waals surface area contributed by atoms with Gasteiger partial charge in [-0.25, -0.2) is 0 Å². The highest BCUT2D eigenvalue weighted by Gasteiger charge is 2.48. The van der Waals surface area contributed by atoms with Gasteiger partial charge in [0.25, 0.3) is 0 Å². The van der Waals surface area contributed by atoms with Crippen LogP contribution in [0.3, 0.4) is 0 Å². The summed E-state index contributed by atoms with van der Waals surface area (Å²) in [6.07, 6.45) is -17.3. The lowest BCUT2D eigenvalue weighted by Gasteiger charge is -2.42. The quantitative estimate of drug-likeness (QED) is 0.142. The summed E-state index contributed by atoms with van der Waals surface area (Å²) in [5.74, 6) is -1.29. The Kier molecular flexibility index (Phi) is 8.41. The average Bonchev–Trinajstić information content (AvgIpc) is 2.97. The van der Waals surface area contributed by atoms with Crippen molar-refractivity contribution >= 4 is 11.0 Å². The second-order valence-electron chi connectivity index (χ2n) is 10.1. The molecule has 0 bridgehead atoms. The number of aliphatic hydroxyl groups excluding tert-OH is 8. The molecule has 2 aliphatic rings. The summed E-state index contributed by atoms with van der Waals surface area (Å²) in [6.45, 7) is -1.58. The summed E-state index contributed by atoms with van der Waals surface area (Å²) in [4.78, 5) is 13.2. The van der Waals surface area contributed by atoms with Gasteiger partial charge in [-0.15, -0.1) is 0 Å². The molecule has 2 aromatic carbocycles. The van der Waals surface area contributed by atoms with Crippen LogP contribution in [-0.2, 0) is 9.47 Å². The van der Waals surface area contributed by atoms with E-state index in [1.54, 1.807) is 0 Å². The zero-order valence-corrected chi connectivity index (χ0v) is 21.7. The molecule has 2 aliphatic heterocycles. The molecule has 3 aromatic rings. The SMILES string of the molecule is O=c1cc(-c2ccc(O)cc2)oc2c([C@@H]3O[C@H](CO)[C@@H](O)[C@H](O)[C@H]3O)c(O[C@@H]3O[C@@H](CO)[C@@H](O)[C@H](O)[C@@H]3O)cc(O)c12. The highest BCUT2D eigenvalue weighted by molar-refractivity contribution is 5.89. The van der Waals surface area contributed by atoms with Gasteiger partial charge in [-0.05, 0) is 24.3 Å². The molecule has 0 saturated carbocycles. The summed E-state index contributed by atoms with van der Waals surface area (Å²) in [5.41, 5.74) is -1.20. The third-order valence-electron chi connectivity index (χ3n) is 7.40. The number of hydrogen-bond acceptors (Lipinski definition) is 15. The van der Waals surface area contributed by atoms with Gasteiger partial charge in [0.2, 0.25) is 6.29 Å². The predicted molar refractivity (Wildman–Crippen MR) is 138 cm³/mol. The van der Waals surface area contributed by atoms with Crippen LogP contribution >= 0.6 is 0 Å². The predicted octanol–water partition coefficient (Wildman–Crippen LogP) is -2.44. The second kappa shape index (κ2) is 11.7. The molecular weight excluding hydrogens is 564 g/mol. The molecule has 5 rings (SSSR count). The van der Waals surface area contributed by atoms with E-state index in [1.165, 1.54) is 24.3 Å². The molecule has 1 aromatic heterocycles. The standard InChI is InChI=1S/C27H30O15/c28-7-15-19(33)21(35)23(37)26(40-15)18-14(41-27-24(38)22(36)20(34)16(8-29)42-27)6-12(32)17-11(31)5-13(39-25(17)18)9-1-3-10(30)4-2-9/h1-6,15-16,19-24,26-30,32-38H,7-8H2/t15-,16+,19-,20-,21+,22+,23-,24+,26+,27-/m1/s1. The normalized spacial score (nSPS) is 33.5. The summed E-state index contributed by atoms with van der Waals surface area (Å²) >= 11 is 0. The number of fused-ring (bicyclic) bond motifs is 1. The summed E-state index contributed by atoms with van der Waals surface area (Å²) in [6, 6.07) is 7.48. The van der Waals surface area contributed by atoms with Crippen LogP contribution in [0.2, 0.25) is 0 Å². The first-order chi connectivity index (χ1) is 20.0. The fourth-order valence-electron chi connectivity index (χ4n) is 5.08. The van der Waals surface area contributed by atoms with E-state index in [0.717, 1.165) is 12.1 Å². The number of aromatic hydroxyl groups is 2. The Bertz CT molecular complexity index is 1470. The van der Waals surface area contributed by atoms with Gasteiger partial charge in [0.1, 0.15) is 83.3 Å². The third kappa shape index (κ3) is 5.20. The first-order valence-electron chi connectivity index (χ1n) is 12.9. The van der Waals surface area contributed by atoms with Crippen LogP contribution in [0.15, 0.2) is 45.6 Å². The molecule has 15 nitrogen and oxygen atoms in total. The molecule has 2 saturated heterocycles. The number of phenolic OH excluding ortho intramolecular Hbond substituents is 2. The fourth-order valence-corrected chi connectivity index (χ4v) is 5.08. The summed E-state index contributed by atoms with van der Waals surface area (Å²) in [7, 11) is 0. The lowest BCUT2D eigenvalue weighted by atomic mass is 9.89. The van der Waals surface area contributed by atoms with Gasteiger partial charge in [-0.1, -0.05) is 0 Å². The van der Waals surface area contributed by atoms with Crippen LogP contribution in [0.4, 0.5) is 0 Å².